The number of hydrogen-bond acceptors (Lipinski definition) is 3. The van der Waals surface area contributed by atoms with Crippen LogP contribution < -0.4 is 4.74 Å². The molecule has 0 amide bonds. The molecule has 0 atom stereocenters. The molecule has 1 N–H and O–H groups in total. The van der Waals surface area contributed by atoms with Crippen LogP contribution in [0, 0.1) is 0 Å². The summed E-state index contributed by atoms with van der Waals surface area (Å²) in [7, 11) is 0. The van der Waals surface area contributed by atoms with Crippen molar-refractivity contribution in [2.75, 3.05) is 12.4 Å². The average Bonchev–Trinajstić information content (AvgIpc) is 2.15. The molecule has 0 aromatic heterocycles. The lowest BCUT2D eigenvalue weighted by Crippen LogP contribution is -2.04. The van der Waals surface area contributed by atoms with E-state index >= 15 is 0 Å². The number of carboxylic acids is 1. The quantitative estimate of drug-likeness (QED) is 0.724. The number of ether oxygens (including phenoxy) is 1. The van der Waals surface area contributed by atoms with Gasteiger partial charge in [-0.05, 0) is 12.1 Å². The largest absolute Gasteiger partial charge is 0.492 e. The van der Waals surface area contributed by atoms with E-state index in [9.17, 15) is 4.79 Å². The van der Waals surface area contributed by atoms with Crippen molar-refractivity contribution in [2.24, 2.45) is 0 Å². The highest BCUT2D eigenvalue weighted by Crippen LogP contribution is 2.17. The second-order valence-electron chi connectivity index (χ2n) is 2.37. The molecule has 0 fully saturated rings. The Hall–Kier alpha value is -1.16. The maximum absolute atomic E-state index is 10.7. The zero-order valence-corrected chi connectivity index (χ0v) is 7.83. The first-order valence-electron chi connectivity index (χ1n) is 3.81. The molecule has 0 saturated carbocycles. The van der Waals surface area contributed by atoms with E-state index in [0.29, 0.717) is 18.1 Å². The summed E-state index contributed by atoms with van der Waals surface area (Å²) in [6.45, 7) is 0.410. The van der Waals surface area contributed by atoms with Crippen LogP contribution in [0.5, 0.6) is 5.75 Å². The molecule has 4 heteroatoms. The van der Waals surface area contributed by atoms with Gasteiger partial charge in [0.1, 0.15) is 11.3 Å². The number of hydrogen-bond donors (Lipinski definition) is 2. The van der Waals surface area contributed by atoms with Crippen molar-refractivity contribution < 1.29 is 14.6 Å². The lowest BCUT2D eigenvalue weighted by atomic mass is 10.2. The standard InChI is InChI=1S/C9H10O3S/c10-9(11)7-3-1-2-4-8(7)12-5-6-13/h1-4,13H,5-6H2,(H,10,11). The molecule has 0 aliphatic rings. The molecule has 1 aromatic carbocycles. The van der Waals surface area contributed by atoms with Gasteiger partial charge in [0.05, 0.1) is 6.61 Å². The van der Waals surface area contributed by atoms with Gasteiger partial charge in [0.2, 0.25) is 0 Å². The number of rotatable bonds is 4. The minimum atomic E-state index is -0.977. The summed E-state index contributed by atoms with van der Waals surface area (Å²) >= 11 is 3.96. The summed E-state index contributed by atoms with van der Waals surface area (Å²) < 4.78 is 5.19. The maximum atomic E-state index is 10.7. The molecule has 13 heavy (non-hydrogen) atoms. The first kappa shape index (κ1) is 9.92. The normalized spacial score (nSPS) is 9.62. The molecular formula is C9H10O3S. The van der Waals surface area contributed by atoms with Gasteiger partial charge in [-0.15, -0.1) is 0 Å². The minimum absolute atomic E-state index is 0.185. The van der Waals surface area contributed by atoms with E-state index in [1.54, 1.807) is 18.2 Å². The molecule has 0 unspecified atom stereocenters. The Morgan fingerprint density at radius 3 is 2.77 bits per heavy atom. The molecule has 0 aliphatic heterocycles. The van der Waals surface area contributed by atoms with Gasteiger partial charge in [-0.3, -0.25) is 0 Å². The molecule has 0 heterocycles. The SMILES string of the molecule is O=C(O)c1ccccc1OCCS. The summed E-state index contributed by atoms with van der Waals surface area (Å²) in [4.78, 5) is 10.7. The molecular weight excluding hydrogens is 188 g/mol. The van der Waals surface area contributed by atoms with Crippen molar-refractivity contribution >= 4 is 18.6 Å². The van der Waals surface area contributed by atoms with Crippen LogP contribution in [-0.2, 0) is 0 Å². The molecule has 3 nitrogen and oxygen atoms in total. The van der Waals surface area contributed by atoms with Crippen molar-refractivity contribution in [1.82, 2.24) is 0 Å². The molecule has 70 valence electrons. The zero-order valence-electron chi connectivity index (χ0n) is 6.93. The van der Waals surface area contributed by atoms with Gasteiger partial charge in [0, 0.05) is 5.75 Å². The van der Waals surface area contributed by atoms with Crippen LogP contribution in [0.4, 0.5) is 0 Å². The Bertz CT molecular complexity index is 299. The number of carboxylic acid groups (broad SMARTS) is 1. The van der Waals surface area contributed by atoms with Crippen LogP contribution in [0.3, 0.4) is 0 Å². The number of benzene rings is 1. The van der Waals surface area contributed by atoms with Gasteiger partial charge in [-0.1, -0.05) is 12.1 Å². The second kappa shape index (κ2) is 4.77. The smallest absolute Gasteiger partial charge is 0.339 e. The Balaban J connectivity index is 2.84. The second-order valence-corrected chi connectivity index (χ2v) is 2.82. The third-order valence-electron chi connectivity index (χ3n) is 1.47. The van der Waals surface area contributed by atoms with E-state index in [0.717, 1.165) is 0 Å². The van der Waals surface area contributed by atoms with Crippen molar-refractivity contribution in [3.05, 3.63) is 29.8 Å². The van der Waals surface area contributed by atoms with Crippen molar-refractivity contribution in [1.29, 1.82) is 0 Å². The first-order valence-corrected chi connectivity index (χ1v) is 4.45. The van der Waals surface area contributed by atoms with Crippen molar-refractivity contribution in [2.45, 2.75) is 0 Å². The summed E-state index contributed by atoms with van der Waals surface area (Å²) in [5.74, 6) is -0.0210. The van der Waals surface area contributed by atoms with Crippen LogP contribution in [-0.4, -0.2) is 23.4 Å². The van der Waals surface area contributed by atoms with Crippen LogP contribution >= 0.6 is 12.6 Å². The number of para-hydroxylation sites is 1. The Kier molecular flexibility index (Phi) is 3.64. The molecule has 1 rings (SSSR count). The summed E-state index contributed by atoms with van der Waals surface area (Å²) in [5, 5.41) is 8.77. The van der Waals surface area contributed by atoms with E-state index in [1.807, 2.05) is 0 Å². The third-order valence-corrected chi connectivity index (χ3v) is 1.65. The summed E-state index contributed by atoms with van der Waals surface area (Å²) in [6, 6.07) is 6.54. The lowest BCUT2D eigenvalue weighted by Gasteiger charge is -2.06. The molecule has 0 radical (unpaired) electrons. The maximum Gasteiger partial charge on any atom is 0.339 e. The van der Waals surface area contributed by atoms with Gasteiger partial charge in [-0.25, -0.2) is 4.79 Å². The lowest BCUT2D eigenvalue weighted by molar-refractivity contribution is 0.0692. The first-order chi connectivity index (χ1) is 6.25. The van der Waals surface area contributed by atoms with Crippen LogP contribution in [0.15, 0.2) is 24.3 Å². The highest BCUT2D eigenvalue weighted by molar-refractivity contribution is 7.80. The van der Waals surface area contributed by atoms with Gasteiger partial charge in [-0.2, -0.15) is 12.6 Å². The Morgan fingerprint density at radius 2 is 2.15 bits per heavy atom. The minimum Gasteiger partial charge on any atom is -0.492 e. The molecule has 1 aromatic rings. The van der Waals surface area contributed by atoms with Crippen molar-refractivity contribution in [3.8, 4) is 5.75 Å². The third kappa shape index (κ3) is 2.66. The average molecular weight is 198 g/mol. The zero-order chi connectivity index (χ0) is 9.68. The fourth-order valence-corrected chi connectivity index (χ4v) is 1.02. The predicted octanol–water partition coefficient (Wildman–Crippen LogP) is 1.69. The topological polar surface area (TPSA) is 46.5 Å². The van der Waals surface area contributed by atoms with E-state index < -0.39 is 5.97 Å². The predicted molar refractivity (Wildman–Crippen MR) is 52.7 cm³/mol. The van der Waals surface area contributed by atoms with Gasteiger partial charge >= 0.3 is 5.97 Å². The highest BCUT2D eigenvalue weighted by Gasteiger charge is 2.08. The molecule has 0 aliphatic carbocycles. The fraction of sp³-hybridized carbons (Fsp3) is 0.222. The number of aromatic carboxylic acids is 1. The molecule has 0 bridgehead atoms. The van der Waals surface area contributed by atoms with Crippen LogP contribution in [0.25, 0.3) is 0 Å². The Labute approximate surface area is 81.8 Å². The Morgan fingerprint density at radius 1 is 1.46 bits per heavy atom. The van der Waals surface area contributed by atoms with Gasteiger partial charge in [0.25, 0.3) is 0 Å². The number of thiol groups is 1. The molecule has 0 saturated heterocycles. The van der Waals surface area contributed by atoms with E-state index in [-0.39, 0.29) is 5.56 Å². The summed E-state index contributed by atoms with van der Waals surface area (Å²) in [5.41, 5.74) is 0.185. The highest BCUT2D eigenvalue weighted by atomic mass is 32.1. The van der Waals surface area contributed by atoms with Gasteiger partial charge < -0.3 is 9.84 Å². The van der Waals surface area contributed by atoms with E-state index in [2.05, 4.69) is 12.6 Å². The van der Waals surface area contributed by atoms with Crippen molar-refractivity contribution in [3.63, 3.8) is 0 Å². The fourth-order valence-electron chi connectivity index (χ4n) is 0.925. The molecule has 0 spiro atoms. The van der Waals surface area contributed by atoms with E-state index in [1.165, 1.54) is 6.07 Å². The van der Waals surface area contributed by atoms with E-state index in [4.69, 9.17) is 9.84 Å². The monoisotopic (exact) mass is 198 g/mol. The summed E-state index contributed by atoms with van der Waals surface area (Å²) in [6.07, 6.45) is 0. The van der Waals surface area contributed by atoms with Gasteiger partial charge in [0.15, 0.2) is 0 Å². The van der Waals surface area contributed by atoms with Crippen LogP contribution in [0.2, 0.25) is 0 Å². The van der Waals surface area contributed by atoms with Crippen LogP contribution in [0.1, 0.15) is 10.4 Å². The number of carbonyl (C=O) groups is 1.